The number of ether oxygens (including phenoxy) is 1. The summed E-state index contributed by atoms with van der Waals surface area (Å²) < 4.78 is 32.7. The molecule has 2 heterocycles. The zero-order valence-corrected chi connectivity index (χ0v) is 17.0. The van der Waals surface area contributed by atoms with E-state index in [0.717, 1.165) is 25.3 Å². The van der Waals surface area contributed by atoms with Crippen molar-refractivity contribution in [1.82, 2.24) is 9.29 Å². The van der Waals surface area contributed by atoms with Gasteiger partial charge < -0.3 is 15.8 Å². The van der Waals surface area contributed by atoms with Gasteiger partial charge in [-0.05, 0) is 37.1 Å². The fourth-order valence-corrected chi connectivity index (χ4v) is 4.84. The number of anilines is 2. The molecule has 0 bridgehead atoms. The molecule has 1 aromatic heterocycles. The van der Waals surface area contributed by atoms with Gasteiger partial charge in [0.05, 0.1) is 12.0 Å². The second-order valence-corrected chi connectivity index (χ2v) is 8.55. The maximum Gasteiger partial charge on any atom is 0.311 e. The molecule has 1 fully saturated rings. The van der Waals surface area contributed by atoms with Gasteiger partial charge in [0.25, 0.3) is 5.91 Å². The number of nitrogen functional groups attached to an aromatic ring is 1. The average Bonchev–Trinajstić information content (AvgIpc) is 2.74. The Morgan fingerprint density at radius 2 is 1.93 bits per heavy atom. The predicted octanol–water partition coefficient (Wildman–Crippen LogP) is 2.01. The minimum absolute atomic E-state index is 0.0547. The number of amides is 1. The van der Waals surface area contributed by atoms with Crippen LogP contribution >= 0.6 is 0 Å². The number of carbonyl (C=O) groups excluding carboxylic acids is 1. The van der Waals surface area contributed by atoms with Crippen molar-refractivity contribution in [2.75, 3.05) is 31.2 Å². The normalized spacial score (nSPS) is 14.8. The molecule has 1 aliphatic heterocycles. The summed E-state index contributed by atoms with van der Waals surface area (Å²) in [5.74, 6) is -0.921. The second-order valence-electron chi connectivity index (χ2n) is 6.64. The Hall–Kier alpha value is -3.25. The quantitative estimate of drug-likeness (QED) is 0.515. The highest BCUT2D eigenvalue weighted by Gasteiger charge is 2.29. The van der Waals surface area contributed by atoms with Crippen LogP contribution in [0.3, 0.4) is 0 Å². The highest BCUT2D eigenvalue weighted by atomic mass is 32.2. The van der Waals surface area contributed by atoms with E-state index >= 15 is 0 Å². The average molecular weight is 435 g/mol. The van der Waals surface area contributed by atoms with Crippen molar-refractivity contribution < 1.29 is 22.9 Å². The van der Waals surface area contributed by atoms with E-state index in [9.17, 15) is 23.3 Å². The van der Waals surface area contributed by atoms with Crippen molar-refractivity contribution in [3.63, 3.8) is 0 Å². The molecule has 0 saturated carbocycles. The van der Waals surface area contributed by atoms with Crippen LogP contribution in [0.15, 0.2) is 35.2 Å². The summed E-state index contributed by atoms with van der Waals surface area (Å²) in [6, 6.07) is 6.50. The van der Waals surface area contributed by atoms with E-state index in [4.69, 9.17) is 10.5 Å². The summed E-state index contributed by atoms with van der Waals surface area (Å²) in [5.41, 5.74) is 5.17. The van der Waals surface area contributed by atoms with Gasteiger partial charge in [0.1, 0.15) is 16.3 Å². The number of nitrogens with zero attached hydrogens (tertiary/aromatic N) is 3. The van der Waals surface area contributed by atoms with Gasteiger partial charge >= 0.3 is 5.69 Å². The van der Waals surface area contributed by atoms with E-state index in [0.29, 0.717) is 13.1 Å². The number of rotatable bonds is 6. The van der Waals surface area contributed by atoms with Crippen molar-refractivity contribution in [3.8, 4) is 5.75 Å². The molecule has 0 spiro atoms. The van der Waals surface area contributed by atoms with E-state index < -0.39 is 32.4 Å². The molecule has 1 saturated heterocycles. The fourth-order valence-electron chi connectivity index (χ4n) is 3.14. The molecule has 3 rings (SSSR count). The molecule has 0 unspecified atom stereocenters. The number of nitrogens with two attached hydrogens (primary N) is 1. The molecule has 1 amide bonds. The van der Waals surface area contributed by atoms with Crippen LogP contribution in [-0.4, -0.2) is 48.7 Å². The highest BCUT2D eigenvalue weighted by Crippen LogP contribution is 2.31. The maximum absolute atomic E-state index is 13.1. The highest BCUT2D eigenvalue weighted by molar-refractivity contribution is 7.89. The number of methoxy groups -OCH3 is 1. The van der Waals surface area contributed by atoms with E-state index in [1.54, 1.807) is 0 Å². The van der Waals surface area contributed by atoms with Crippen molar-refractivity contribution in [3.05, 3.63) is 46.1 Å². The first-order chi connectivity index (χ1) is 14.2. The molecule has 3 N–H and O–H groups in total. The van der Waals surface area contributed by atoms with Gasteiger partial charge in [-0.1, -0.05) is 6.42 Å². The predicted molar refractivity (Wildman–Crippen MR) is 109 cm³/mol. The molecule has 30 heavy (non-hydrogen) atoms. The Bertz CT molecular complexity index is 1080. The van der Waals surface area contributed by atoms with Gasteiger partial charge in [0.15, 0.2) is 0 Å². The van der Waals surface area contributed by atoms with E-state index in [1.165, 1.54) is 35.7 Å². The van der Waals surface area contributed by atoms with Gasteiger partial charge in [-0.15, -0.1) is 0 Å². The Morgan fingerprint density at radius 3 is 2.53 bits per heavy atom. The molecule has 2 aromatic rings. The molecule has 160 valence electrons. The molecule has 1 aliphatic rings. The molecule has 12 heteroatoms. The topological polar surface area (TPSA) is 158 Å². The standard InChI is InChI=1S/C18H21N5O6S/c1-29-15-8-5-12(11-16(15)30(27,28)22-9-3-2-4-10-22)20-18(24)13-6-7-14(23(25)26)17(19)21-13/h5-8,11H,2-4,9-10H2,1H3,(H2,19,21)(H,20,24). The minimum Gasteiger partial charge on any atom is -0.495 e. The van der Waals surface area contributed by atoms with Crippen molar-refractivity contribution in [2.45, 2.75) is 24.2 Å². The van der Waals surface area contributed by atoms with Crippen LogP contribution in [-0.2, 0) is 10.0 Å². The number of hydrogen-bond donors (Lipinski definition) is 2. The first-order valence-corrected chi connectivity index (χ1v) is 10.6. The molecule has 11 nitrogen and oxygen atoms in total. The summed E-state index contributed by atoms with van der Waals surface area (Å²) in [5, 5.41) is 13.4. The third-order valence-corrected chi connectivity index (χ3v) is 6.61. The Balaban J connectivity index is 1.88. The molecule has 1 aromatic carbocycles. The number of nitrogens with one attached hydrogen (secondary N) is 1. The maximum atomic E-state index is 13.1. The first-order valence-electron chi connectivity index (χ1n) is 9.14. The van der Waals surface area contributed by atoms with Gasteiger partial charge in [0.2, 0.25) is 15.8 Å². The van der Waals surface area contributed by atoms with Crippen molar-refractivity contribution in [1.29, 1.82) is 0 Å². The summed E-state index contributed by atoms with van der Waals surface area (Å²) in [4.78, 5) is 26.3. The van der Waals surface area contributed by atoms with E-state index in [2.05, 4.69) is 10.3 Å². The smallest absolute Gasteiger partial charge is 0.311 e. The molecule has 0 radical (unpaired) electrons. The van der Waals surface area contributed by atoms with Gasteiger partial charge in [-0.3, -0.25) is 14.9 Å². The minimum atomic E-state index is -3.80. The lowest BCUT2D eigenvalue weighted by Crippen LogP contribution is -2.35. The number of aromatic nitrogens is 1. The summed E-state index contributed by atoms with van der Waals surface area (Å²) in [6.07, 6.45) is 2.54. The lowest BCUT2D eigenvalue weighted by Gasteiger charge is -2.26. The lowest BCUT2D eigenvalue weighted by atomic mass is 10.2. The van der Waals surface area contributed by atoms with Gasteiger partial charge in [0, 0.05) is 24.8 Å². The largest absolute Gasteiger partial charge is 0.495 e. The zero-order valence-electron chi connectivity index (χ0n) is 16.2. The summed E-state index contributed by atoms with van der Waals surface area (Å²) in [7, 11) is -2.44. The SMILES string of the molecule is COc1ccc(NC(=O)c2ccc([N+](=O)[O-])c(N)n2)cc1S(=O)(=O)N1CCCCC1. The Morgan fingerprint density at radius 1 is 1.23 bits per heavy atom. The van der Waals surface area contributed by atoms with Crippen molar-refractivity contribution >= 4 is 33.1 Å². The molecule has 0 atom stereocenters. The Kier molecular flexibility index (Phi) is 6.17. The third kappa shape index (κ3) is 4.33. The van der Waals surface area contributed by atoms with Crippen LogP contribution in [0, 0.1) is 10.1 Å². The van der Waals surface area contributed by atoms with Gasteiger partial charge in [-0.2, -0.15) is 4.31 Å². The van der Waals surface area contributed by atoms with Crippen molar-refractivity contribution in [2.24, 2.45) is 0 Å². The monoisotopic (exact) mass is 435 g/mol. The van der Waals surface area contributed by atoms with Crippen LogP contribution in [0.1, 0.15) is 29.8 Å². The second kappa shape index (κ2) is 8.63. The molecular weight excluding hydrogens is 414 g/mol. The van der Waals surface area contributed by atoms with Crippen LogP contribution in [0.2, 0.25) is 0 Å². The summed E-state index contributed by atoms with van der Waals surface area (Å²) in [6.45, 7) is 0.849. The van der Waals surface area contributed by atoms with Crippen LogP contribution in [0.5, 0.6) is 5.75 Å². The van der Waals surface area contributed by atoms with Crippen LogP contribution in [0.25, 0.3) is 0 Å². The van der Waals surface area contributed by atoms with E-state index in [1.807, 2.05) is 0 Å². The summed E-state index contributed by atoms with van der Waals surface area (Å²) >= 11 is 0. The van der Waals surface area contributed by atoms with Gasteiger partial charge in [-0.25, -0.2) is 13.4 Å². The number of hydrogen-bond acceptors (Lipinski definition) is 8. The lowest BCUT2D eigenvalue weighted by molar-refractivity contribution is -0.384. The van der Waals surface area contributed by atoms with E-state index in [-0.39, 0.29) is 22.0 Å². The number of benzene rings is 1. The molecule has 0 aliphatic carbocycles. The number of pyridine rings is 1. The number of carbonyl (C=O) groups is 1. The first kappa shape index (κ1) is 21.5. The Labute approximate surface area is 173 Å². The molecular formula is C18H21N5O6S. The van der Waals surface area contributed by atoms with Crippen LogP contribution < -0.4 is 15.8 Å². The number of nitro groups is 1. The number of sulfonamides is 1. The third-order valence-electron chi connectivity index (χ3n) is 4.69. The fraction of sp³-hybridized carbons (Fsp3) is 0.333. The zero-order chi connectivity index (χ0) is 21.9. The number of piperidine rings is 1. The van der Waals surface area contributed by atoms with Crippen LogP contribution in [0.4, 0.5) is 17.2 Å².